The minimum atomic E-state index is -0.0310. The van der Waals surface area contributed by atoms with Crippen LogP contribution in [-0.2, 0) is 0 Å². The fraction of sp³-hybridized carbons (Fsp3) is 0.357. The summed E-state index contributed by atoms with van der Waals surface area (Å²) in [7, 11) is 0. The number of carbonyl (C=O) groups excluding carboxylic acids is 1. The van der Waals surface area contributed by atoms with Crippen molar-refractivity contribution < 1.29 is 4.79 Å². The van der Waals surface area contributed by atoms with Gasteiger partial charge in [-0.3, -0.25) is 9.78 Å². The highest BCUT2D eigenvalue weighted by Gasteiger charge is 2.18. The molecular formula is C14H16N4OS. The Morgan fingerprint density at radius 2 is 2.25 bits per heavy atom. The fourth-order valence-corrected chi connectivity index (χ4v) is 3.06. The van der Waals surface area contributed by atoms with E-state index in [1.807, 2.05) is 12.1 Å². The van der Waals surface area contributed by atoms with Gasteiger partial charge in [0.05, 0.1) is 6.20 Å². The molecule has 20 heavy (non-hydrogen) atoms. The first kappa shape index (κ1) is 13.2. The molecule has 3 rings (SSSR count). The lowest BCUT2D eigenvalue weighted by Crippen LogP contribution is -2.45. The maximum atomic E-state index is 12.2. The van der Waals surface area contributed by atoms with Crippen molar-refractivity contribution in [3.05, 3.63) is 35.6 Å². The van der Waals surface area contributed by atoms with Crippen molar-refractivity contribution >= 4 is 17.2 Å². The minimum Gasteiger partial charge on any atom is -0.347 e. The Morgan fingerprint density at radius 1 is 1.40 bits per heavy atom. The number of carbonyl (C=O) groups is 1. The lowest BCUT2D eigenvalue weighted by Gasteiger charge is -2.23. The van der Waals surface area contributed by atoms with Crippen molar-refractivity contribution in [1.82, 2.24) is 20.6 Å². The third-order valence-electron chi connectivity index (χ3n) is 3.29. The number of hydrogen-bond donors (Lipinski definition) is 2. The first-order valence-corrected chi connectivity index (χ1v) is 7.52. The molecule has 0 radical (unpaired) electrons. The number of piperidine rings is 1. The van der Waals surface area contributed by atoms with Crippen LogP contribution in [0.5, 0.6) is 0 Å². The number of thiazole rings is 1. The summed E-state index contributed by atoms with van der Waals surface area (Å²) in [6.07, 6.45) is 7.24. The zero-order chi connectivity index (χ0) is 13.8. The molecule has 2 aromatic heterocycles. The molecule has 5 nitrogen and oxygen atoms in total. The van der Waals surface area contributed by atoms with Crippen LogP contribution in [0.25, 0.3) is 10.6 Å². The normalized spacial score (nSPS) is 18.7. The molecule has 3 heterocycles. The summed E-state index contributed by atoms with van der Waals surface area (Å²) in [6.45, 7) is 1.89. The number of pyridine rings is 1. The second kappa shape index (κ2) is 6.11. The van der Waals surface area contributed by atoms with Crippen molar-refractivity contribution in [2.45, 2.75) is 18.9 Å². The van der Waals surface area contributed by atoms with E-state index < -0.39 is 0 Å². The van der Waals surface area contributed by atoms with E-state index in [1.165, 1.54) is 11.3 Å². The molecule has 2 N–H and O–H groups in total. The Balaban J connectivity index is 1.68. The molecule has 1 amide bonds. The van der Waals surface area contributed by atoms with Gasteiger partial charge in [-0.25, -0.2) is 4.98 Å². The molecule has 1 aliphatic rings. The molecule has 104 valence electrons. The smallest absolute Gasteiger partial charge is 0.263 e. The fourth-order valence-electron chi connectivity index (χ4n) is 2.24. The van der Waals surface area contributed by atoms with Crippen LogP contribution in [0.2, 0.25) is 0 Å². The van der Waals surface area contributed by atoms with Crippen LogP contribution in [-0.4, -0.2) is 35.0 Å². The van der Waals surface area contributed by atoms with Crippen molar-refractivity contribution in [1.29, 1.82) is 0 Å². The molecule has 1 saturated heterocycles. The van der Waals surface area contributed by atoms with Crippen LogP contribution in [0, 0.1) is 0 Å². The van der Waals surface area contributed by atoms with Gasteiger partial charge in [-0.05, 0) is 31.5 Å². The SMILES string of the molecule is O=C(NC1CCCNC1)c1cnc(-c2ccncc2)s1. The molecule has 1 atom stereocenters. The lowest BCUT2D eigenvalue weighted by atomic mass is 10.1. The molecule has 0 spiro atoms. The average Bonchev–Trinajstić information content (AvgIpc) is 2.99. The van der Waals surface area contributed by atoms with Crippen LogP contribution in [0.3, 0.4) is 0 Å². The van der Waals surface area contributed by atoms with Crippen LogP contribution in [0.15, 0.2) is 30.7 Å². The largest absolute Gasteiger partial charge is 0.347 e. The van der Waals surface area contributed by atoms with E-state index >= 15 is 0 Å². The van der Waals surface area contributed by atoms with Crippen LogP contribution in [0.4, 0.5) is 0 Å². The van der Waals surface area contributed by atoms with E-state index in [2.05, 4.69) is 20.6 Å². The molecule has 1 unspecified atom stereocenters. The van der Waals surface area contributed by atoms with Crippen molar-refractivity contribution in [3.8, 4) is 10.6 Å². The Labute approximate surface area is 121 Å². The summed E-state index contributed by atoms with van der Waals surface area (Å²) in [4.78, 5) is 21.1. The van der Waals surface area contributed by atoms with E-state index in [4.69, 9.17) is 0 Å². The minimum absolute atomic E-state index is 0.0310. The van der Waals surface area contributed by atoms with Crippen LogP contribution < -0.4 is 10.6 Å². The highest BCUT2D eigenvalue weighted by molar-refractivity contribution is 7.16. The van der Waals surface area contributed by atoms with E-state index in [-0.39, 0.29) is 11.9 Å². The zero-order valence-electron chi connectivity index (χ0n) is 11.0. The summed E-state index contributed by atoms with van der Waals surface area (Å²) in [5.41, 5.74) is 0.989. The standard InChI is InChI=1S/C14H16N4OS/c19-13(18-11-2-1-5-16-8-11)12-9-17-14(20-12)10-3-6-15-7-4-10/h3-4,6-7,9,11,16H,1-2,5,8H2,(H,18,19). The monoisotopic (exact) mass is 288 g/mol. The predicted octanol–water partition coefficient (Wildman–Crippen LogP) is 1.69. The van der Waals surface area contributed by atoms with Gasteiger partial charge in [-0.15, -0.1) is 11.3 Å². The van der Waals surface area contributed by atoms with E-state index in [0.717, 1.165) is 36.5 Å². The van der Waals surface area contributed by atoms with E-state index in [0.29, 0.717) is 4.88 Å². The summed E-state index contributed by atoms with van der Waals surface area (Å²) < 4.78 is 0. The van der Waals surface area contributed by atoms with Crippen molar-refractivity contribution in [3.63, 3.8) is 0 Å². The van der Waals surface area contributed by atoms with E-state index in [1.54, 1.807) is 18.6 Å². The van der Waals surface area contributed by atoms with Gasteiger partial charge in [-0.1, -0.05) is 0 Å². The number of aromatic nitrogens is 2. The van der Waals surface area contributed by atoms with Gasteiger partial charge in [0.2, 0.25) is 0 Å². The highest BCUT2D eigenvalue weighted by atomic mass is 32.1. The number of nitrogens with zero attached hydrogens (tertiary/aromatic N) is 2. The van der Waals surface area contributed by atoms with Crippen molar-refractivity contribution in [2.75, 3.05) is 13.1 Å². The third-order valence-corrected chi connectivity index (χ3v) is 4.33. The number of amides is 1. The highest BCUT2D eigenvalue weighted by Crippen LogP contribution is 2.24. The number of hydrogen-bond acceptors (Lipinski definition) is 5. The van der Waals surface area contributed by atoms with Gasteiger partial charge < -0.3 is 10.6 Å². The summed E-state index contributed by atoms with van der Waals surface area (Å²) in [5, 5.41) is 7.19. The molecule has 0 aromatic carbocycles. The Morgan fingerprint density at radius 3 is 3.00 bits per heavy atom. The first-order valence-electron chi connectivity index (χ1n) is 6.71. The van der Waals surface area contributed by atoms with Gasteiger partial charge in [-0.2, -0.15) is 0 Å². The maximum Gasteiger partial charge on any atom is 0.263 e. The lowest BCUT2D eigenvalue weighted by molar-refractivity contribution is 0.0934. The molecule has 0 bridgehead atoms. The van der Waals surface area contributed by atoms with Gasteiger partial charge in [0.1, 0.15) is 9.88 Å². The van der Waals surface area contributed by atoms with Crippen LogP contribution in [0.1, 0.15) is 22.5 Å². The first-order chi connectivity index (χ1) is 9.83. The second-order valence-electron chi connectivity index (χ2n) is 4.78. The van der Waals surface area contributed by atoms with Crippen molar-refractivity contribution in [2.24, 2.45) is 0 Å². The second-order valence-corrected chi connectivity index (χ2v) is 5.81. The van der Waals surface area contributed by atoms with Crippen LogP contribution >= 0.6 is 11.3 Å². The third kappa shape index (κ3) is 3.02. The molecular weight excluding hydrogens is 272 g/mol. The number of rotatable bonds is 3. The number of nitrogens with one attached hydrogen (secondary N) is 2. The van der Waals surface area contributed by atoms with Gasteiger partial charge >= 0.3 is 0 Å². The maximum absolute atomic E-state index is 12.2. The topological polar surface area (TPSA) is 66.9 Å². The van der Waals surface area contributed by atoms with Gasteiger partial charge in [0, 0.05) is 30.5 Å². The zero-order valence-corrected chi connectivity index (χ0v) is 11.8. The Kier molecular flexibility index (Phi) is 4.03. The summed E-state index contributed by atoms with van der Waals surface area (Å²) in [5.74, 6) is -0.0310. The Bertz CT molecular complexity index is 578. The Hall–Kier alpha value is -1.79. The molecule has 6 heteroatoms. The van der Waals surface area contributed by atoms with Gasteiger partial charge in [0.25, 0.3) is 5.91 Å². The molecule has 0 aliphatic carbocycles. The summed E-state index contributed by atoms with van der Waals surface area (Å²) in [6, 6.07) is 4.01. The molecule has 1 fully saturated rings. The molecule has 0 saturated carbocycles. The molecule has 2 aromatic rings. The predicted molar refractivity (Wildman–Crippen MR) is 78.7 cm³/mol. The average molecular weight is 288 g/mol. The summed E-state index contributed by atoms with van der Waals surface area (Å²) >= 11 is 1.41. The quantitative estimate of drug-likeness (QED) is 0.902. The van der Waals surface area contributed by atoms with Gasteiger partial charge in [0.15, 0.2) is 0 Å². The molecule has 1 aliphatic heterocycles. The van der Waals surface area contributed by atoms with E-state index in [9.17, 15) is 4.79 Å².